The minimum atomic E-state index is 0.578. The van der Waals surface area contributed by atoms with Crippen LogP contribution in [0.4, 0.5) is 5.69 Å². The fraction of sp³-hybridized carbons (Fsp3) is 0.538. The molecule has 3 heteroatoms. The lowest BCUT2D eigenvalue weighted by Crippen LogP contribution is -2.22. The molecule has 1 aromatic carbocycles. The van der Waals surface area contributed by atoms with Crippen molar-refractivity contribution < 1.29 is 4.74 Å². The van der Waals surface area contributed by atoms with Crippen LogP contribution >= 0.6 is 11.6 Å². The maximum Gasteiger partial charge on any atom is 0.0641 e. The number of halogens is 1. The molecule has 1 aromatic rings. The van der Waals surface area contributed by atoms with Crippen molar-refractivity contribution in [1.82, 2.24) is 0 Å². The molecule has 16 heavy (non-hydrogen) atoms. The summed E-state index contributed by atoms with van der Waals surface area (Å²) < 4.78 is 5.34. The Labute approximate surface area is 103 Å². The SMILES string of the molecule is CCOCCN(C)c1ccc(CCl)c(C)c1. The second-order valence-corrected chi connectivity index (χ2v) is 4.13. The van der Waals surface area contributed by atoms with Crippen molar-refractivity contribution in [3.8, 4) is 0 Å². The number of hydrogen-bond acceptors (Lipinski definition) is 2. The molecule has 0 saturated heterocycles. The monoisotopic (exact) mass is 241 g/mol. The maximum atomic E-state index is 5.83. The molecule has 0 N–H and O–H groups in total. The van der Waals surface area contributed by atoms with Gasteiger partial charge in [-0.05, 0) is 37.1 Å². The summed E-state index contributed by atoms with van der Waals surface area (Å²) in [5.41, 5.74) is 3.66. The molecule has 0 radical (unpaired) electrons. The van der Waals surface area contributed by atoms with Gasteiger partial charge in [0.1, 0.15) is 0 Å². The van der Waals surface area contributed by atoms with E-state index in [9.17, 15) is 0 Å². The fourth-order valence-corrected chi connectivity index (χ4v) is 1.84. The molecule has 1 rings (SSSR count). The smallest absolute Gasteiger partial charge is 0.0641 e. The van der Waals surface area contributed by atoms with Crippen LogP contribution in [0.5, 0.6) is 0 Å². The van der Waals surface area contributed by atoms with E-state index in [1.807, 2.05) is 6.92 Å². The van der Waals surface area contributed by atoms with Gasteiger partial charge in [0.25, 0.3) is 0 Å². The Hall–Kier alpha value is -0.730. The molecule has 0 aliphatic heterocycles. The predicted molar refractivity (Wildman–Crippen MR) is 70.5 cm³/mol. The standard InChI is InChI=1S/C13H20ClNO/c1-4-16-8-7-15(3)13-6-5-12(10-14)11(2)9-13/h5-6,9H,4,7-8,10H2,1-3H3. The van der Waals surface area contributed by atoms with Crippen molar-refractivity contribution in [3.63, 3.8) is 0 Å². The van der Waals surface area contributed by atoms with E-state index in [1.165, 1.54) is 16.8 Å². The van der Waals surface area contributed by atoms with Crippen LogP contribution in [-0.2, 0) is 10.6 Å². The van der Waals surface area contributed by atoms with Gasteiger partial charge in [-0.25, -0.2) is 0 Å². The van der Waals surface area contributed by atoms with Gasteiger partial charge in [0, 0.05) is 31.8 Å². The van der Waals surface area contributed by atoms with E-state index >= 15 is 0 Å². The summed E-state index contributed by atoms with van der Waals surface area (Å²) in [6.07, 6.45) is 0. The molecular formula is C13H20ClNO. The minimum absolute atomic E-state index is 0.578. The summed E-state index contributed by atoms with van der Waals surface area (Å²) >= 11 is 5.83. The highest BCUT2D eigenvalue weighted by molar-refractivity contribution is 6.17. The molecule has 0 atom stereocenters. The van der Waals surface area contributed by atoms with Crippen molar-refractivity contribution in [2.24, 2.45) is 0 Å². The lowest BCUT2D eigenvalue weighted by molar-refractivity contribution is 0.154. The molecule has 0 heterocycles. The first-order chi connectivity index (χ1) is 7.69. The van der Waals surface area contributed by atoms with Crippen molar-refractivity contribution in [1.29, 1.82) is 0 Å². The number of anilines is 1. The highest BCUT2D eigenvalue weighted by Crippen LogP contribution is 2.19. The normalized spacial score (nSPS) is 10.5. The number of rotatable bonds is 6. The molecule has 0 spiro atoms. The van der Waals surface area contributed by atoms with E-state index in [0.717, 1.165) is 19.8 Å². The third kappa shape index (κ3) is 3.69. The number of ether oxygens (including phenoxy) is 1. The third-order valence-electron chi connectivity index (χ3n) is 2.69. The van der Waals surface area contributed by atoms with Gasteiger partial charge in [-0.3, -0.25) is 0 Å². The summed E-state index contributed by atoms with van der Waals surface area (Å²) in [5, 5.41) is 0. The van der Waals surface area contributed by atoms with Gasteiger partial charge in [-0.15, -0.1) is 11.6 Å². The minimum Gasteiger partial charge on any atom is -0.380 e. The third-order valence-corrected chi connectivity index (χ3v) is 2.97. The number of likely N-dealkylation sites (N-methyl/N-ethyl adjacent to an activating group) is 1. The Bertz CT molecular complexity index is 328. The number of hydrogen-bond donors (Lipinski definition) is 0. The lowest BCUT2D eigenvalue weighted by Gasteiger charge is -2.20. The second-order valence-electron chi connectivity index (χ2n) is 3.86. The molecule has 2 nitrogen and oxygen atoms in total. The second kappa shape index (κ2) is 6.77. The molecule has 0 aromatic heterocycles. The first-order valence-corrected chi connectivity index (χ1v) is 6.16. The van der Waals surface area contributed by atoms with Gasteiger partial charge < -0.3 is 9.64 Å². The van der Waals surface area contributed by atoms with E-state index in [2.05, 4.69) is 37.1 Å². The van der Waals surface area contributed by atoms with Gasteiger partial charge in [0.2, 0.25) is 0 Å². The van der Waals surface area contributed by atoms with E-state index < -0.39 is 0 Å². The van der Waals surface area contributed by atoms with E-state index in [0.29, 0.717) is 5.88 Å². The van der Waals surface area contributed by atoms with Crippen LogP contribution in [0.1, 0.15) is 18.1 Å². The summed E-state index contributed by atoms with van der Waals surface area (Å²) in [6, 6.07) is 6.37. The molecule has 0 bridgehead atoms. The van der Waals surface area contributed by atoms with Crippen LogP contribution in [0.2, 0.25) is 0 Å². The molecular weight excluding hydrogens is 222 g/mol. The van der Waals surface area contributed by atoms with Crippen LogP contribution in [0, 0.1) is 6.92 Å². The Morgan fingerprint density at radius 3 is 2.69 bits per heavy atom. The first kappa shape index (κ1) is 13.3. The molecule has 90 valence electrons. The zero-order valence-corrected chi connectivity index (χ0v) is 11.0. The summed E-state index contributed by atoms with van der Waals surface area (Å²) in [7, 11) is 2.08. The lowest BCUT2D eigenvalue weighted by atomic mass is 10.1. The van der Waals surface area contributed by atoms with Crippen LogP contribution in [0.3, 0.4) is 0 Å². The zero-order chi connectivity index (χ0) is 12.0. The fourth-order valence-electron chi connectivity index (χ4n) is 1.54. The van der Waals surface area contributed by atoms with E-state index in [-0.39, 0.29) is 0 Å². The van der Waals surface area contributed by atoms with Crippen molar-refractivity contribution in [3.05, 3.63) is 29.3 Å². The van der Waals surface area contributed by atoms with E-state index in [1.54, 1.807) is 0 Å². The highest BCUT2D eigenvalue weighted by Gasteiger charge is 2.03. The highest BCUT2D eigenvalue weighted by atomic mass is 35.5. The molecule has 0 unspecified atom stereocenters. The van der Waals surface area contributed by atoms with Gasteiger partial charge in [0.05, 0.1) is 6.61 Å². The van der Waals surface area contributed by atoms with Crippen molar-refractivity contribution in [2.75, 3.05) is 31.7 Å². The molecule has 0 saturated carbocycles. The first-order valence-electron chi connectivity index (χ1n) is 5.63. The summed E-state index contributed by atoms with van der Waals surface area (Å²) in [4.78, 5) is 2.20. The summed E-state index contributed by atoms with van der Waals surface area (Å²) in [6.45, 7) is 6.56. The average molecular weight is 242 g/mol. The average Bonchev–Trinajstić information content (AvgIpc) is 2.29. The van der Waals surface area contributed by atoms with Crippen LogP contribution in [0.25, 0.3) is 0 Å². The van der Waals surface area contributed by atoms with Gasteiger partial charge in [0.15, 0.2) is 0 Å². The van der Waals surface area contributed by atoms with Crippen LogP contribution < -0.4 is 4.90 Å². The Morgan fingerprint density at radius 1 is 1.38 bits per heavy atom. The number of alkyl halides is 1. The largest absolute Gasteiger partial charge is 0.380 e. The van der Waals surface area contributed by atoms with Gasteiger partial charge in [-0.1, -0.05) is 6.07 Å². The molecule has 0 fully saturated rings. The van der Waals surface area contributed by atoms with E-state index in [4.69, 9.17) is 16.3 Å². The Kier molecular flexibility index (Phi) is 5.64. The Balaban J connectivity index is 2.62. The Morgan fingerprint density at radius 2 is 2.12 bits per heavy atom. The van der Waals surface area contributed by atoms with Crippen LogP contribution in [-0.4, -0.2) is 26.8 Å². The molecule has 0 amide bonds. The summed E-state index contributed by atoms with van der Waals surface area (Å²) in [5.74, 6) is 0.578. The maximum absolute atomic E-state index is 5.83. The molecule has 0 aliphatic carbocycles. The van der Waals surface area contributed by atoms with Crippen molar-refractivity contribution in [2.45, 2.75) is 19.7 Å². The van der Waals surface area contributed by atoms with Crippen molar-refractivity contribution >= 4 is 17.3 Å². The molecule has 0 aliphatic rings. The number of aryl methyl sites for hydroxylation is 1. The number of benzene rings is 1. The van der Waals surface area contributed by atoms with Gasteiger partial charge >= 0.3 is 0 Å². The zero-order valence-electron chi connectivity index (χ0n) is 10.3. The van der Waals surface area contributed by atoms with Gasteiger partial charge in [-0.2, -0.15) is 0 Å². The van der Waals surface area contributed by atoms with Crippen LogP contribution in [0.15, 0.2) is 18.2 Å². The quantitative estimate of drug-likeness (QED) is 0.560. The predicted octanol–water partition coefficient (Wildman–Crippen LogP) is 3.21. The topological polar surface area (TPSA) is 12.5 Å². The number of nitrogens with zero attached hydrogens (tertiary/aromatic N) is 1.